The number of anilines is 1. The summed E-state index contributed by atoms with van der Waals surface area (Å²) < 4.78 is 42.2. The third-order valence-electron chi connectivity index (χ3n) is 8.49. The van der Waals surface area contributed by atoms with E-state index in [1.54, 1.807) is 11.5 Å². The number of halogens is 3. The third-order valence-corrected chi connectivity index (χ3v) is 9.36. The number of hydrogen-bond donors (Lipinski definition) is 3. The molecule has 48 heavy (non-hydrogen) atoms. The highest BCUT2D eigenvalue weighted by Crippen LogP contribution is 2.38. The van der Waals surface area contributed by atoms with Crippen LogP contribution >= 0.6 is 11.3 Å². The minimum atomic E-state index is -4.68. The van der Waals surface area contributed by atoms with Crippen LogP contribution in [-0.4, -0.2) is 91.7 Å². The molecular formula is C32H37F3N8O4S. The molecule has 2 amide bonds. The van der Waals surface area contributed by atoms with Gasteiger partial charge in [0.15, 0.2) is 5.69 Å². The number of carbonyl (C=O) groups excluding carboxylic acids is 1. The smallest absolute Gasteiger partial charge is 0.434 e. The highest BCUT2D eigenvalue weighted by atomic mass is 32.1. The monoisotopic (exact) mass is 686 g/mol. The highest BCUT2D eigenvalue weighted by molar-refractivity contribution is 7.13. The van der Waals surface area contributed by atoms with Crippen LogP contribution in [0.15, 0.2) is 40.9 Å². The molecule has 4 aromatic rings. The molecule has 1 saturated heterocycles. The number of aromatic carboxylic acids is 1. The molecular weight excluding hydrogens is 649 g/mol. The first-order chi connectivity index (χ1) is 22.9. The molecule has 12 nitrogen and oxygen atoms in total. The van der Waals surface area contributed by atoms with Crippen LogP contribution in [0.1, 0.15) is 49.7 Å². The van der Waals surface area contributed by atoms with Crippen molar-refractivity contribution >= 4 is 40.1 Å². The Kier molecular flexibility index (Phi) is 10.8. The molecule has 1 aliphatic rings. The van der Waals surface area contributed by atoms with E-state index < -0.39 is 34.9 Å². The van der Waals surface area contributed by atoms with Crippen LogP contribution in [0, 0.1) is 0 Å². The van der Waals surface area contributed by atoms with E-state index in [1.165, 1.54) is 30.7 Å². The lowest BCUT2D eigenvalue weighted by Crippen LogP contribution is -2.39. The van der Waals surface area contributed by atoms with Crippen LogP contribution in [0.5, 0.6) is 0 Å². The summed E-state index contributed by atoms with van der Waals surface area (Å²) in [5.41, 5.74) is -1.16. The number of urea groups is 1. The van der Waals surface area contributed by atoms with Gasteiger partial charge in [-0.25, -0.2) is 19.6 Å². The van der Waals surface area contributed by atoms with Gasteiger partial charge in [-0.05, 0) is 51.5 Å². The number of nitrogens with one attached hydrogen (secondary N) is 2. The topological polar surface area (TPSA) is 146 Å². The molecule has 5 rings (SSSR count). The normalized spacial score (nSPS) is 15.4. The van der Waals surface area contributed by atoms with Gasteiger partial charge < -0.3 is 19.9 Å². The molecule has 0 bridgehead atoms. The van der Waals surface area contributed by atoms with Gasteiger partial charge in [-0.15, -0.1) is 11.3 Å². The number of fused-ring (bicyclic) bond motifs is 1. The van der Waals surface area contributed by atoms with E-state index in [2.05, 4.69) is 49.2 Å². The minimum Gasteiger partial charge on any atom is -0.477 e. The number of hydrogen-bond acceptors (Lipinski definition) is 9. The summed E-state index contributed by atoms with van der Waals surface area (Å²) in [6.45, 7) is 11.4. The van der Waals surface area contributed by atoms with Crippen molar-refractivity contribution in [2.24, 2.45) is 0 Å². The molecule has 16 heteroatoms. The maximum atomic E-state index is 13.5. The number of thiazole rings is 1. The van der Waals surface area contributed by atoms with Crippen molar-refractivity contribution in [3.8, 4) is 21.8 Å². The Hall–Kier alpha value is -4.41. The summed E-state index contributed by atoms with van der Waals surface area (Å²) in [5.74, 6) is -1.31. The minimum absolute atomic E-state index is 0.0108. The second kappa shape index (κ2) is 14.8. The second-order valence-electron chi connectivity index (χ2n) is 11.4. The number of carboxylic acid groups (broad SMARTS) is 1. The first-order valence-electron chi connectivity index (χ1n) is 15.7. The van der Waals surface area contributed by atoms with Crippen molar-refractivity contribution in [1.29, 1.82) is 0 Å². The van der Waals surface area contributed by atoms with E-state index in [0.29, 0.717) is 18.6 Å². The Labute approximate surface area is 278 Å². The number of alkyl halides is 3. The Morgan fingerprint density at radius 3 is 2.56 bits per heavy atom. The van der Waals surface area contributed by atoms with Crippen LogP contribution in [0.4, 0.5) is 23.8 Å². The van der Waals surface area contributed by atoms with E-state index >= 15 is 0 Å². The van der Waals surface area contributed by atoms with Crippen molar-refractivity contribution in [2.45, 2.75) is 52.4 Å². The number of carboxylic acids is 1. The molecule has 1 unspecified atom stereocenters. The Morgan fingerprint density at radius 2 is 1.90 bits per heavy atom. The summed E-state index contributed by atoms with van der Waals surface area (Å²) in [5, 5.41) is 16.0. The van der Waals surface area contributed by atoms with Crippen molar-refractivity contribution in [1.82, 2.24) is 34.6 Å². The fraction of sp³-hybridized carbons (Fsp3) is 0.438. The van der Waals surface area contributed by atoms with E-state index in [0.717, 1.165) is 62.3 Å². The largest absolute Gasteiger partial charge is 0.477 e. The molecule has 1 fully saturated rings. The SMILES string of the molecule is CCNC(=O)Nc1cc(-c2nc(C(F)(F)F)cs2)c(-c2cc3c(=O)c(C(=O)O)cn(CC4CCCN4CCN(CC)CC)c3cn2)cn1. The number of rotatable bonds is 12. The zero-order valence-electron chi connectivity index (χ0n) is 26.8. The number of pyridine rings is 3. The molecule has 5 heterocycles. The molecule has 0 radical (unpaired) electrons. The first-order valence-corrected chi connectivity index (χ1v) is 16.6. The molecule has 0 saturated carbocycles. The molecule has 4 aromatic heterocycles. The van der Waals surface area contributed by atoms with E-state index in [1.807, 2.05) is 0 Å². The average molecular weight is 687 g/mol. The van der Waals surface area contributed by atoms with Gasteiger partial charge in [-0.1, -0.05) is 13.8 Å². The number of carbonyl (C=O) groups is 2. The van der Waals surface area contributed by atoms with E-state index in [-0.39, 0.29) is 39.1 Å². The van der Waals surface area contributed by atoms with Gasteiger partial charge in [0.1, 0.15) is 16.4 Å². The standard InChI is InChI=1S/C32H37F3N8O4S/c1-4-36-31(47)40-27-13-20(29-39-26(18-48-29)32(33,34)35)22(14-38-27)24-12-21-25(15-37-24)43(17-23(28(21)44)30(45)46)16-19-8-7-9-42(19)11-10-41(5-2)6-3/h12-15,17-19H,4-11,16H2,1-3H3,(H,45,46)(H2,36,38,40,47). The fourth-order valence-electron chi connectivity index (χ4n) is 5.93. The number of likely N-dealkylation sites (N-methyl/N-ethyl adjacent to an activating group) is 1. The quantitative estimate of drug-likeness (QED) is 0.182. The number of likely N-dealkylation sites (tertiary alicyclic amines) is 1. The summed E-state index contributed by atoms with van der Waals surface area (Å²) >= 11 is 0.752. The third kappa shape index (κ3) is 7.66. The van der Waals surface area contributed by atoms with Crippen LogP contribution < -0.4 is 16.1 Å². The second-order valence-corrected chi connectivity index (χ2v) is 12.3. The predicted molar refractivity (Wildman–Crippen MR) is 177 cm³/mol. The number of amides is 2. The van der Waals surface area contributed by atoms with Crippen LogP contribution in [0.2, 0.25) is 0 Å². The Balaban J connectivity index is 1.58. The summed E-state index contributed by atoms with van der Waals surface area (Å²) in [7, 11) is 0. The molecule has 256 valence electrons. The fourth-order valence-corrected chi connectivity index (χ4v) is 6.78. The van der Waals surface area contributed by atoms with Crippen molar-refractivity contribution in [3.63, 3.8) is 0 Å². The van der Waals surface area contributed by atoms with Crippen molar-refractivity contribution < 1.29 is 27.9 Å². The summed E-state index contributed by atoms with van der Waals surface area (Å²) in [6, 6.07) is 2.39. The zero-order chi connectivity index (χ0) is 34.6. The average Bonchev–Trinajstić information content (AvgIpc) is 3.73. The van der Waals surface area contributed by atoms with Gasteiger partial charge in [0.2, 0.25) is 5.43 Å². The zero-order valence-corrected chi connectivity index (χ0v) is 27.6. The molecule has 0 aliphatic carbocycles. The van der Waals surface area contributed by atoms with E-state index in [4.69, 9.17) is 0 Å². The maximum absolute atomic E-state index is 13.5. The van der Waals surface area contributed by atoms with Gasteiger partial charge >= 0.3 is 18.2 Å². The van der Waals surface area contributed by atoms with Gasteiger partial charge in [0.25, 0.3) is 0 Å². The summed E-state index contributed by atoms with van der Waals surface area (Å²) in [6.07, 6.45) is 1.40. The van der Waals surface area contributed by atoms with Crippen molar-refractivity contribution in [3.05, 3.63) is 57.6 Å². The lowest BCUT2D eigenvalue weighted by molar-refractivity contribution is -0.140. The molecule has 1 atom stereocenters. The lowest BCUT2D eigenvalue weighted by atomic mass is 10.0. The van der Waals surface area contributed by atoms with Gasteiger partial charge in [-0.3, -0.25) is 20.0 Å². The van der Waals surface area contributed by atoms with Gasteiger partial charge in [-0.2, -0.15) is 13.2 Å². The molecule has 3 N–H and O–H groups in total. The maximum Gasteiger partial charge on any atom is 0.434 e. The summed E-state index contributed by atoms with van der Waals surface area (Å²) in [4.78, 5) is 55.3. The van der Waals surface area contributed by atoms with Gasteiger partial charge in [0.05, 0.1) is 22.8 Å². The lowest BCUT2D eigenvalue weighted by Gasteiger charge is -2.28. The molecule has 0 spiro atoms. The Bertz CT molecular complexity index is 1860. The number of nitrogens with zero attached hydrogens (tertiary/aromatic N) is 6. The van der Waals surface area contributed by atoms with Crippen molar-refractivity contribution in [2.75, 3.05) is 44.6 Å². The van der Waals surface area contributed by atoms with Crippen LogP contribution in [0.3, 0.4) is 0 Å². The van der Waals surface area contributed by atoms with Crippen LogP contribution in [0.25, 0.3) is 32.7 Å². The molecule has 0 aromatic carbocycles. The number of aromatic nitrogens is 4. The first kappa shape index (κ1) is 34.9. The van der Waals surface area contributed by atoms with Gasteiger partial charge in [0, 0.05) is 61.1 Å². The van der Waals surface area contributed by atoms with Crippen LogP contribution in [-0.2, 0) is 12.7 Å². The Morgan fingerprint density at radius 1 is 1.12 bits per heavy atom. The highest BCUT2D eigenvalue weighted by Gasteiger charge is 2.34. The molecule has 1 aliphatic heterocycles. The predicted octanol–water partition coefficient (Wildman–Crippen LogP) is 5.25. The van der Waals surface area contributed by atoms with E-state index in [9.17, 15) is 32.7 Å².